The van der Waals surface area contributed by atoms with Gasteiger partial charge in [0, 0.05) is 35.6 Å². The second kappa shape index (κ2) is 15.3. The van der Waals surface area contributed by atoms with Crippen LogP contribution in [0, 0.1) is 3.57 Å². The van der Waals surface area contributed by atoms with E-state index in [-0.39, 0.29) is 51.6 Å². The molecule has 2 aromatic rings. The number of carbonyl (C=O) groups excluding carboxylic acids is 1. The van der Waals surface area contributed by atoms with E-state index in [1.807, 2.05) is 23.1 Å². The lowest BCUT2D eigenvalue weighted by Crippen LogP contribution is -2.48. The molecular weight excluding hydrogens is 544 g/mol. The van der Waals surface area contributed by atoms with Crippen LogP contribution < -0.4 is 5.32 Å². The lowest BCUT2D eigenvalue weighted by atomic mass is 10.0. The maximum atomic E-state index is 12.9. The first-order valence-corrected chi connectivity index (χ1v) is 9.57. The van der Waals surface area contributed by atoms with Gasteiger partial charge in [-0.25, -0.2) is 0 Å². The summed E-state index contributed by atoms with van der Waals surface area (Å²) < 4.78 is 1.15. The SMILES string of the molecule is C.Cl.Cl.O=C([C@@H](NCc1cccc(I)c1)[C@H](O)c1ccncc1)N1CCCC1.S. The van der Waals surface area contributed by atoms with Crippen LogP contribution >= 0.6 is 60.9 Å². The van der Waals surface area contributed by atoms with Crippen molar-refractivity contribution in [3.8, 4) is 0 Å². The third kappa shape index (κ3) is 8.59. The van der Waals surface area contributed by atoms with Gasteiger partial charge in [0.1, 0.15) is 12.1 Å². The first kappa shape index (κ1) is 30.6. The average molecular weight is 574 g/mol. The molecule has 2 heterocycles. The van der Waals surface area contributed by atoms with Crippen LogP contribution in [0.15, 0.2) is 48.8 Å². The molecule has 5 nitrogen and oxygen atoms in total. The number of benzene rings is 1. The van der Waals surface area contributed by atoms with Crippen molar-refractivity contribution in [2.45, 2.75) is 39.0 Å². The molecule has 29 heavy (non-hydrogen) atoms. The smallest absolute Gasteiger partial charge is 0.242 e. The van der Waals surface area contributed by atoms with Gasteiger partial charge in [0.2, 0.25) is 5.91 Å². The van der Waals surface area contributed by atoms with Gasteiger partial charge in [0.05, 0.1) is 0 Å². The lowest BCUT2D eigenvalue weighted by molar-refractivity contribution is -0.135. The summed E-state index contributed by atoms with van der Waals surface area (Å²) in [4.78, 5) is 18.8. The summed E-state index contributed by atoms with van der Waals surface area (Å²) in [5.41, 5.74) is 1.79. The fourth-order valence-corrected chi connectivity index (χ4v) is 3.70. The molecule has 3 rings (SSSR count). The minimum Gasteiger partial charge on any atom is -0.386 e. The predicted octanol–water partition coefficient (Wildman–Crippen LogP) is 4.09. The minimum atomic E-state index is -0.904. The number of nitrogens with zero attached hydrogens (tertiary/aromatic N) is 2. The quantitative estimate of drug-likeness (QED) is 0.511. The summed E-state index contributed by atoms with van der Waals surface area (Å²) in [5.74, 6) is -0.0348. The molecule has 1 saturated heterocycles. The molecule has 9 heteroatoms. The number of carbonyl (C=O) groups is 1. The fourth-order valence-electron chi connectivity index (χ4n) is 3.10. The Hall–Kier alpha value is -0.580. The molecule has 0 saturated carbocycles. The maximum absolute atomic E-state index is 12.9. The number of halogens is 3. The molecule has 2 atom stereocenters. The number of rotatable bonds is 6. The highest BCUT2D eigenvalue weighted by molar-refractivity contribution is 14.1. The van der Waals surface area contributed by atoms with Crippen LogP contribution in [0.4, 0.5) is 0 Å². The molecule has 0 radical (unpaired) electrons. The highest BCUT2D eigenvalue weighted by atomic mass is 127. The molecule has 1 aromatic carbocycles. The van der Waals surface area contributed by atoms with E-state index in [0.29, 0.717) is 12.1 Å². The Morgan fingerprint density at radius 2 is 1.79 bits per heavy atom. The number of amides is 1. The van der Waals surface area contributed by atoms with Crippen molar-refractivity contribution >= 4 is 66.8 Å². The normalized spacial score (nSPS) is 14.3. The second-order valence-electron chi connectivity index (χ2n) is 6.25. The monoisotopic (exact) mass is 573 g/mol. The van der Waals surface area contributed by atoms with Crippen molar-refractivity contribution in [2.75, 3.05) is 13.1 Å². The van der Waals surface area contributed by atoms with Gasteiger partial charge in [0.25, 0.3) is 0 Å². The Kier molecular flexibility index (Phi) is 16.1. The van der Waals surface area contributed by atoms with Gasteiger partial charge >= 0.3 is 0 Å². The molecule has 1 aromatic heterocycles. The van der Waals surface area contributed by atoms with Crippen LogP contribution in [0.1, 0.15) is 37.5 Å². The van der Waals surface area contributed by atoms with Crippen molar-refractivity contribution in [1.82, 2.24) is 15.2 Å². The zero-order valence-corrected chi connectivity index (χ0v) is 20.0. The number of aliphatic hydroxyl groups excluding tert-OH is 1. The van der Waals surface area contributed by atoms with Gasteiger partial charge in [-0.15, -0.1) is 24.8 Å². The highest BCUT2D eigenvalue weighted by Gasteiger charge is 2.32. The van der Waals surface area contributed by atoms with Gasteiger partial charge < -0.3 is 10.0 Å². The number of likely N-dealkylation sites (tertiary alicyclic amines) is 1. The van der Waals surface area contributed by atoms with Gasteiger partial charge in [-0.3, -0.25) is 15.1 Å². The summed E-state index contributed by atoms with van der Waals surface area (Å²) in [6, 6.07) is 11.0. The molecule has 1 fully saturated rings. The number of aromatic nitrogens is 1. The number of nitrogens with one attached hydrogen (secondary N) is 1. The first-order valence-electron chi connectivity index (χ1n) is 8.50. The minimum absolute atomic E-state index is 0. The zero-order valence-electron chi connectivity index (χ0n) is 15.3. The van der Waals surface area contributed by atoms with E-state index in [4.69, 9.17) is 0 Å². The Morgan fingerprint density at radius 1 is 1.17 bits per heavy atom. The Bertz CT molecular complexity index is 722. The van der Waals surface area contributed by atoms with E-state index < -0.39 is 12.1 Å². The van der Waals surface area contributed by atoms with Crippen molar-refractivity contribution in [2.24, 2.45) is 0 Å². The van der Waals surface area contributed by atoms with Crippen LogP contribution in [-0.2, 0) is 11.3 Å². The first-order chi connectivity index (χ1) is 12.1. The summed E-state index contributed by atoms with van der Waals surface area (Å²) in [6.45, 7) is 2.07. The molecule has 1 amide bonds. The predicted molar refractivity (Wildman–Crippen MR) is 136 cm³/mol. The Balaban J connectivity index is 0. The molecule has 1 aliphatic rings. The largest absolute Gasteiger partial charge is 0.386 e. The molecule has 0 unspecified atom stereocenters. The van der Waals surface area contributed by atoms with E-state index in [9.17, 15) is 9.90 Å². The average Bonchev–Trinajstić information content (AvgIpc) is 3.17. The van der Waals surface area contributed by atoms with Gasteiger partial charge in [0.15, 0.2) is 0 Å². The van der Waals surface area contributed by atoms with Gasteiger partial charge in [-0.2, -0.15) is 13.5 Å². The van der Waals surface area contributed by atoms with Crippen molar-refractivity contribution in [1.29, 1.82) is 0 Å². The van der Waals surface area contributed by atoms with Crippen LogP contribution in [0.2, 0.25) is 0 Å². The third-order valence-electron chi connectivity index (χ3n) is 4.46. The topological polar surface area (TPSA) is 65.5 Å². The summed E-state index contributed by atoms with van der Waals surface area (Å²) in [5, 5.41) is 14.1. The maximum Gasteiger partial charge on any atom is 0.242 e. The summed E-state index contributed by atoms with van der Waals surface area (Å²) in [7, 11) is 0. The second-order valence-corrected chi connectivity index (χ2v) is 7.49. The van der Waals surface area contributed by atoms with Crippen LogP contribution in [0.5, 0.6) is 0 Å². The van der Waals surface area contributed by atoms with E-state index in [2.05, 4.69) is 39.0 Å². The van der Waals surface area contributed by atoms with Gasteiger partial charge in [-0.05, 0) is 70.8 Å². The van der Waals surface area contributed by atoms with Crippen molar-refractivity contribution in [3.05, 3.63) is 63.5 Å². The number of hydrogen-bond donors (Lipinski definition) is 2. The number of hydrogen-bond acceptors (Lipinski definition) is 4. The molecule has 164 valence electrons. The zero-order chi connectivity index (χ0) is 17.6. The van der Waals surface area contributed by atoms with E-state index in [0.717, 1.165) is 35.1 Å². The molecule has 0 aliphatic carbocycles. The van der Waals surface area contributed by atoms with E-state index in [1.54, 1.807) is 24.5 Å². The van der Waals surface area contributed by atoms with Gasteiger partial charge in [-0.1, -0.05) is 19.6 Å². The van der Waals surface area contributed by atoms with Crippen LogP contribution in [0.3, 0.4) is 0 Å². The molecule has 1 aliphatic heterocycles. The summed E-state index contributed by atoms with van der Waals surface area (Å²) >= 11 is 2.27. The lowest BCUT2D eigenvalue weighted by Gasteiger charge is -2.28. The van der Waals surface area contributed by atoms with Crippen molar-refractivity contribution < 1.29 is 9.90 Å². The fraction of sp³-hybridized carbons (Fsp3) is 0.400. The molecule has 0 spiro atoms. The number of aliphatic hydroxyl groups is 1. The van der Waals surface area contributed by atoms with Crippen LogP contribution in [-0.4, -0.2) is 40.0 Å². The molecule has 2 N–H and O–H groups in total. The van der Waals surface area contributed by atoms with E-state index >= 15 is 0 Å². The summed E-state index contributed by atoms with van der Waals surface area (Å²) in [6.07, 6.45) is 4.42. The number of pyridine rings is 1. The molecule has 0 bridgehead atoms. The standard InChI is InChI=1S/C19H22IN3O2.CH4.2ClH.H2S/c20-16-5-3-4-14(12-16)13-22-17(19(25)23-10-1-2-11-23)18(24)15-6-8-21-9-7-15;;;;/h3-9,12,17-18,22,24H,1-2,10-11,13H2;1H4;2*1H;1H2/t17-,18+;;;;/m0..../s1. The molecular formula is C20H30Cl2IN3O2S. The Morgan fingerprint density at radius 3 is 2.38 bits per heavy atom. The van der Waals surface area contributed by atoms with E-state index in [1.165, 1.54) is 0 Å². The van der Waals surface area contributed by atoms with Crippen LogP contribution in [0.25, 0.3) is 0 Å². The van der Waals surface area contributed by atoms with Crippen molar-refractivity contribution in [3.63, 3.8) is 0 Å². The third-order valence-corrected chi connectivity index (χ3v) is 5.13. The Labute approximate surface area is 206 Å². The highest BCUT2D eigenvalue weighted by Crippen LogP contribution is 2.20.